The Morgan fingerprint density at radius 3 is 2.24 bits per heavy atom. The van der Waals surface area contributed by atoms with Crippen molar-refractivity contribution in [2.45, 2.75) is 45.7 Å². The highest BCUT2D eigenvalue weighted by atomic mass is 19.4. The van der Waals surface area contributed by atoms with E-state index in [1.54, 1.807) is 13.8 Å². The van der Waals surface area contributed by atoms with Crippen molar-refractivity contribution in [1.82, 2.24) is 4.98 Å². The SMILES string of the molecule is CCC(C)(C)c1nc(N)cc(C)c1C(F)(F)F. The highest BCUT2D eigenvalue weighted by molar-refractivity contribution is 5.44. The molecule has 5 heteroatoms. The van der Waals surface area contributed by atoms with E-state index in [4.69, 9.17) is 5.73 Å². The molecule has 0 atom stereocenters. The number of rotatable bonds is 2. The minimum Gasteiger partial charge on any atom is -0.384 e. The fraction of sp³-hybridized carbons (Fsp3) is 0.583. The molecule has 0 bridgehead atoms. The molecule has 2 N–H and O–H groups in total. The molecule has 0 saturated heterocycles. The van der Waals surface area contributed by atoms with Gasteiger partial charge in [0.05, 0.1) is 11.3 Å². The normalized spacial score (nSPS) is 12.9. The summed E-state index contributed by atoms with van der Waals surface area (Å²) in [5, 5.41) is 0. The zero-order valence-electron chi connectivity index (χ0n) is 10.4. The fourth-order valence-electron chi connectivity index (χ4n) is 1.71. The van der Waals surface area contributed by atoms with Crippen LogP contribution in [0.25, 0.3) is 0 Å². The number of nitrogens with zero attached hydrogens (tertiary/aromatic N) is 1. The summed E-state index contributed by atoms with van der Waals surface area (Å²) in [5.41, 5.74) is 4.40. The molecule has 0 aliphatic rings. The van der Waals surface area contributed by atoms with Gasteiger partial charge in [0, 0.05) is 5.41 Å². The van der Waals surface area contributed by atoms with Crippen molar-refractivity contribution in [1.29, 1.82) is 0 Å². The van der Waals surface area contributed by atoms with Gasteiger partial charge in [-0.25, -0.2) is 4.98 Å². The standard InChI is InChI=1S/C12H17F3N2/c1-5-11(3,4)10-9(12(13,14)15)7(2)6-8(16)17-10/h6H,5H2,1-4H3,(H2,16,17). The third-order valence-corrected chi connectivity index (χ3v) is 3.04. The van der Waals surface area contributed by atoms with E-state index in [1.807, 2.05) is 6.92 Å². The van der Waals surface area contributed by atoms with Crippen LogP contribution in [0.1, 0.15) is 44.0 Å². The van der Waals surface area contributed by atoms with E-state index >= 15 is 0 Å². The van der Waals surface area contributed by atoms with Crippen molar-refractivity contribution in [2.24, 2.45) is 0 Å². The van der Waals surface area contributed by atoms with E-state index in [0.29, 0.717) is 6.42 Å². The number of alkyl halides is 3. The van der Waals surface area contributed by atoms with Gasteiger partial charge >= 0.3 is 6.18 Å². The van der Waals surface area contributed by atoms with Crippen molar-refractivity contribution in [3.8, 4) is 0 Å². The third-order valence-electron chi connectivity index (χ3n) is 3.04. The van der Waals surface area contributed by atoms with E-state index in [9.17, 15) is 13.2 Å². The van der Waals surface area contributed by atoms with Crippen LogP contribution in [0.5, 0.6) is 0 Å². The first-order valence-electron chi connectivity index (χ1n) is 5.44. The Bertz CT molecular complexity index is 422. The lowest BCUT2D eigenvalue weighted by Crippen LogP contribution is -2.25. The number of hydrogen-bond acceptors (Lipinski definition) is 2. The van der Waals surface area contributed by atoms with Crippen LogP contribution in [0.4, 0.5) is 19.0 Å². The van der Waals surface area contributed by atoms with E-state index in [-0.39, 0.29) is 17.1 Å². The average Bonchev–Trinajstić information content (AvgIpc) is 2.14. The van der Waals surface area contributed by atoms with Gasteiger partial charge in [0.15, 0.2) is 0 Å². The Hall–Kier alpha value is -1.26. The molecule has 0 unspecified atom stereocenters. The maximum atomic E-state index is 13.0. The first-order valence-corrected chi connectivity index (χ1v) is 5.44. The summed E-state index contributed by atoms with van der Waals surface area (Å²) in [6.07, 6.45) is -3.83. The van der Waals surface area contributed by atoms with Crippen LogP contribution in [0, 0.1) is 6.92 Å². The molecule has 2 nitrogen and oxygen atoms in total. The Balaban J connectivity index is 3.58. The maximum absolute atomic E-state index is 13.0. The predicted octanol–water partition coefficient (Wildman–Crippen LogP) is 3.68. The first-order chi connectivity index (χ1) is 7.59. The van der Waals surface area contributed by atoms with Crippen molar-refractivity contribution in [2.75, 3.05) is 5.73 Å². The first kappa shape index (κ1) is 13.8. The third kappa shape index (κ3) is 2.70. The zero-order chi connectivity index (χ0) is 13.4. The van der Waals surface area contributed by atoms with Gasteiger partial charge in [-0.3, -0.25) is 0 Å². The topological polar surface area (TPSA) is 38.9 Å². The number of halogens is 3. The van der Waals surface area contributed by atoms with Crippen LogP contribution < -0.4 is 5.73 Å². The lowest BCUT2D eigenvalue weighted by atomic mass is 9.82. The van der Waals surface area contributed by atoms with Gasteiger partial charge in [-0.1, -0.05) is 20.8 Å². The second-order valence-electron chi connectivity index (χ2n) is 4.82. The zero-order valence-corrected chi connectivity index (χ0v) is 10.4. The molecule has 0 aliphatic carbocycles. The Labute approximate surface area is 99.0 Å². The van der Waals surface area contributed by atoms with Crippen molar-refractivity contribution in [3.05, 3.63) is 22.9 Å². The molecular weight excluding hydrogens is 229 g/mol. The van der Waals surface area contributed by atoms with Crippen LogP contribution in [-0.2, 0) is 11.6 Å². The van der Waals surface area contributed by atoms with Crippen LogP contribution >= 0.6 is 0 Å². The van der Waals surface area contributed by atoms with Crippen LogP contribution in [-0.4, -0.2) is 4.98 Å². The van der Waals surface area contributed by atoms with E-state index < -0.39 is 17.2 Å². The highest BCUT2D eigenvalue weighted by Gasteiger charge is 2.40. The van der Waals surface area contributed by atoms with Gasteiger partial charge in [-0.2, -0.15) is 13.2 Å². The number of nitrogens with two attached hydrogens (primary N) is 1. The summed E-state index contributed by atoms with van der Waals surface area (Å²) in [7, 11) is 0. The minimum absolute atomic E-state index is 0.0324. The molecule has 1 heterocycles. The summed E-state index contributed by atoms with van der Waals surface area (Å²) in [5.74, 6) is 0.132. The number of nitrogen functional groups attached to an aromatic ring is 1. The number of hydrogen-bond donors (Lipinski definition) is 1. The Morgan fingerprint density at radius 2 is 1.82 bits per heavy atom. The molecule has 0 aliphatic heterocycles. The minimum atomic E-state index is -4.40. The molecule has 0 fully saturated rings. The number of aryl methyl sites for hydroxylation is 1. The molecule has 0 amide bonds. The Kier molecular flexibility index (Phi) is 3.41. The lowest BCUT2D eigenvalue weighted by molar-refractivity contribution is -0.139. The molecule has 17 heavy (non-hydrogen) atoms. The molecule has 0 aromatic carbocycles. The van der Waals surface area contributed by atoms with Gasteiger partial charge in [0.1, 0.15) is 5.82 Å². The second kappa shape index (κ2) is 4.20. The van der Waals surface area contributed by atoms with Gasteiger partial charge in [-0.15, -0.1) is 0 Å². The van der Waals surface area contributed by atoms with Crippen LogP contribution in [0.3, 0.4) is 0 Å². The smallest absolute Gasteiger partial charge is 0.384 e. The molecule has 1 rings (SSSR count). The Morgan fingerprint density at radius 1 is 1.29 bits per heavy atom. The molecule has 0 saturated carbocycles. The van der Waals surface area contributed by atoms with Crippen LogP contribution in [0.15, 0.2) is 6.07 Å². The summed E-state index contributed by atoms with van der Waals surface area (Å²) in [4.78, 5) is 3.90. The fourth-order valence-corrected chi connectivity index (χ4v) is 1.71. The van der Waals surface area contributed by atoms with Gasteiger partial charge in [0.2, 0.25) is 0 Å². The van der Waals surface area contributed by atoms with E-state index in [1.165, 1.54) is 13.0 Å². The summed E-state index contributed by atoms with van der Waals surface area (Å²) >= 11 is 0. The van der Waals surface area contributed by atoms with Crippen molar-refractivity contribution in [3.63, 3.8) is 0 Å². The van der Waals surface area contributed by atoms with Crippen LogP contribution in [0.2, 0.25) is 0 Å². The van der Waals surface area contributed by atoms with E-state index in [2.05, 4.69) is 4.98 Å². The summed E-state index contributed by atoms with van der Waals surface area (Å²) in [6.45, 7) is 6.73. The van der Waals surface area contributed by atoms with Gasteiger partial charge in [-0.05, 0) is 25.0 Å². The monoisotopic (exact) mass is 246 g/mol. The number of pyridine rings is 1. The second-order valence-corrected chi connectivity index (χ2v) is 4.82. The lowest BCUT2D eigenvalue weighted by Gasteiger charge is -2.27. The molecule has 1 aromatic heterocycles. The van der Waals surface area contributed by atoms with Crippen molar-refractivity contribution >= 4 is 5.82 Å². The van der Waals surface area contributed by atoms with E-state index in [0.717, 1.165) is 0 Å². The molecule has 96 valence electrons. The molecule has 1 aromatic rings. The highest BCUT2D eigenvalue weighted by Crippen LogP contribution is 2.40. The number of aromatic nitrogens is 1. The largest absolute Gasteiger partial charge is 0.418 e. The van der Waals surface area contributed by atoms with Gasteiger partial charge in [0.25, 0.3) is 0 Å². The quantitative estimate of drug-likeness (QED) is 0.864. The maximum Gasteiger partial charge on any atom is 0.418 e. The number of anilines is 1. The average molecular weight is 246 g/mol. The summed E-state index contributed by atoms with van der Waals surface area (Å²) in [6, 6.07) is 1.26. The molecular formula is C12H17F3N2. The summed E-state index contributed by atoms with van der Waals surface area (Å²) < 4.78 is 39.1. The van der Waals surface area contributed by atoms with Gasteiger partial charge < -0.3 is 5.73 Å². The van der Waals surface area contributed by atoms with Crippen molar-refractivity contribution < 1.29 is 13.2 Å². The molecule has 0 spiro atoms. The predicted molar refractivity (Wildman–Crippen MR) is 61.7 cm³/mol. The molecule has 0 radical (unpaired) electrons.